The second kappa shape index (κ2) is 7.36. The van der Waals surface area contributed by atoms with Crippen LogP contribution < -0.4 is 5.32 Å². The molecule has 0 aliphatic carbocycles. The van der Waals surface area contributed by atoms with Crippen molar-refractivity contribution in [1.82, 2.24) is 4.90 Å². The first-order valence-electron chi connectivity index (χ1n) is 7.22. The van der Waals surface area contributed by atoms with Crippen molar-refractivity contribution < 1.29 is 4.79 Å². The molecule has 0 spiro atoms. The third kappa shape index (κ3) is 4.28. The Kier molecular flexibility index (Phi) is 5.50. The number of thioether (sulfide) groups is 1. The predicted octanol–water partition coefficient (Wildman–Crippen LogP) is 4.69. The highest BCUT2D eigenvalue weighted by Crippen LogP contribution is 2.18. The molecular formula is C18H22N2OS. The maximum atomic E-state index is 12.3. The van der Waals surface area contributed by atoms with E-state index in [1.165, 1.54) is 4.90 Å². The summed E-state index contributed by atoms with van der Waals surface area (Å²) in [7, 11) is 1.81. The van der Waals surface area contributed by atoms with Crippen LogP contribution in [0.3, 0.4) is 0 Å². The average molecular weight is 314 g/mol. The van der Waals surface area contributed by atoms with E-state index in [0.717, 1.165) is 22.4 Å². The summed E-state index contributed by atoms with van der Waals surface area (Å²) < 4.78 is 0. The van der Waals surface area contributed by atoms with E-state index >= 15 is 0 Å². The van der Waals surface area contributed by atoms with Crippen LogP contribution in [0.1, 0.15) is 16.7 Å². The van der Waals surface area contributed by atoms with E-state index in [9.17, 15) is 4.79 Å². The van der Waals surface area contributed by atoms with Crippen molar-refractivity contribution >= 4 is 23.5 Å². The number of hydrogen-bond acceptors (Lipinski definition) is 2. The standard InChI is InChI=1S/C18H22N2OS/c1-13-5-6-14(2)17(11-13)19-18(21)20(3)12-15-7-9-16(22-4)10-8-15/h5-11H,12H2,1-4H3,(H,19,21). The molecule has 0 radical (unpaired) electrons. The van der Waals surface area contributed by atoms with Gasteiger partial charge in [0.05, 0.1) is 0 Å². The number of nitrogens with zero attached hydrogens (tertiary/aromatic N) is 1. The normalized spacial score (nSPS) is 10.4. The second-order valence-electron chi connectivity index (χ2n) is 5.45. The summed E-state index contributed by atoms with van der Waals surface area (Å²) in [5, 5.41) is 2.98. The van der Waals surface area contributed by atoms with Crippen molar-refractivity contribution in [3.05, 3.63) is 59.2 Å². The minimum atomic E-state index is -0.0948. The number of anilines is 1. The quantitative estimate of drug-likeness (QED) is 0.830. The van der Waals surface area contributed by atoms with Crippen molar-refractivity contribution in [3.63, 3.8) is 0 Å². The number of benzene rings is 2. The molecule has 2 amide bonds. The van der Waals surface area contributed by atoms with E-state index in [4.69, 9.17) is 0 Å². The van der Waals surface area contributed by atoms with Crippen LogP contribution in [0, 0.1) is 13.8 Å². The van der Waals surface area contributed by atoms with Crippen LogP contribution in [0.5, 0.6) is 0 Å². The minimum Gasteiger partial charge on any atom is -0.323 e. The van der Waals surface area contributed by atoms with Gasteiger partial charge in [-0.15, -0.1) is 11.8 Å². The van der Waals surface area contributed by atoms with Crippen molar-refractivity contribution in [2.75, 3.05) is 18.6 Å². The van der Waals surface area contributed by atoms with Gasteiger partial charge in [0.15, 0.2) is 0 Å². The smallest absolute Gasteiger partial charge is 0.321 e. The monoisotopic (exact) mass is 314 g/mol. The summed E-state index contributed by atoms with van der Waals surface area (Å²) in [5.41, 5.74) is 4.19. The lowest BCUT2D eigenvalue weighted by molar-refractivity contribution is 0.220. The molecule has 0 bridgehead atoms. The Balaban J connectivity index is 2.00. The van der Waals surface area contributed by atoms with Gasteiger partial charge in [-0.3, -0.25) is 0 Å². The summed E-state index contributed by atoms with van der Waals surface area (Å²) in [5.74, 6) is 0. The molecule has 0 unspecified atom stereocenters. The van der Waals surface area contributed by atoms with E-state index in [1.54, 1.807) is 16.7 Å². The van der Waals surface area contributed by atoms with E-state index < -0.39 is 0 Å². The van der Waals surface area contributed by atoms with Crippen molar-refractivity contribution in [2.24, 2.45) is 0 Å². The van der Waals surface area contributed by atoms with Crippen LogP contribution in [0.25, 0.3) is 0 Å². The second-order valence-corrected chi connectivity index (χ2v) is 6.33. The third-order valence-corrected chi connectivity index (χ3v) is 4.30. The number of nitrogens with one attached hydrogen (secondary N) is 1. The number of aryl methyl sites for hydroxylation is 2. The molecular weight excluding hydrogens is 292 g/mol. The maximum Gasteiger partial charge on any atom is 0.321 e. The zero-order valence-corrected chi connectivity index (χ0v) is 14.3. The topological polar surface area (TPSA) is 32.3 Å². The summed E-state index contributed by atoms with van der Waals surface area (Å²) >= 11 is 1.71. The van der Waals surface area contributed by atoms with Gasteiger partial charge in [0.2, 0.25) is 0 Å². The van der Waals surface area contributed by atoms with Crippen LogP contribution in [-0.2, 0) is 6.54 Å². The number of urea groups is 1. The number of carbonyl (C=O) groups excluding carboxylic acids is 1. The Hall–Kier alpha value is -1.94. The molecule has 0 heterocycles. The van der Waals surface area contributed by atoms with Gasteiger partial charge in [0.25, 0.3) is 0 Å². The van der Waals surface area contributed by atoms with Gasteiger partial charge in [0, 0.05) is 24.2 Å². The lowest BCUT2D eigenvalue weighted by Crippen LogP contribution is -2.31. The fourth-order valence-corrected chi connectivity index (χ4v) is 2.57. The Labute approximate surface area is 136 Å². The SMILES string of the molecule is CSc1ccc(CN(C)C(=O)Nc2cc(C)ccc2C)cc1. The molecule has 0 atom stereocenters. The molecule has 0 aromatic heterocycles. The number of rotatable bonds is 4. The first kappa shape index (κ1) is 16.4. The lowest BCUT2D eigenvalue weighted by Gasteiger charge is -2.19. The zero-order chi connectivity index (χ0) is 16.1. The highest BCUT2D eigenvalue weighted by Gasteiger charge is 2.10. The predicted molar refractivity (Wildman–Crippen MR) is 94.6 cm³/mol. The average Bonchev–Trinajstić information content (AvgIpc) is 2.51. The first-order chi connectivity index (χ1) is 10.5. The molecule has 0 saturated carbocycles. The molecule has 2 rings (SSSR count). The van der Waals surface area contributed by atoms with Crippen molar-refractivity contribution in [3.8, 4) is 0 Å². The molecule has 0 aliphatic rings. The maximum absolute atomic E-state index is 12.3. The zero-order valence-electron chi connectivity index (χ0n) is 13.5. The fraction of sp³-hybridized carbons (Fsp3) is 0.278. The Morgan fingerprint density at radius 2 is 1.82 bits per heavy atom. The molecule has 3 nitrogen and oxygen atoms in total. The van der Waals surface area contributed by atoms with E-state index in [2.05, 4.69) is 35.8 Å². The number of amides is 2. The van der Waals surface area contributed by atoms with E-state index in [1.807, 2.05) is 39.1 Å². The van der Waals surface area contributed by atoms with Gasteiger partial charge in [-0.2, -0.15) is 0 Å². The molecule has 0 fully saturated rings. The molecule has 4 heteroatoms. The third-order valence-electron chi connectivity index (χ3n) is 3.56. The molecule has 22 heavy (non-hydrogen) atoms. The molecule has 2 aromatic carbocycles. The molecule has 1 N–H and O–H groups in total. The van der Waals surface area contributed by atoms with Gasteiger partial charge in [-0.25, -0.2) is 4.79 Å². The van der Waals surface area contributed by atoms with E-state index in [0.29, 0.717) is 6.54 Å². The summed E-state index contributed by atoms with van der Waals surface area (Å²) in [6.45, 7) is 4.60. The van der Waals surface area contributed by atoms with Crippen LogP contribution in [0.15, 0.2) is 47.4 Å². The van der Waals surface area contributed by atoms with Gasteiger partial charge in [-0.1, -0.05) is 24.3 Å². The van der Waals surface area contributed by atoms with Gasteiger partial charge in [-0.05, 0) is 55.0 Å². The Bertz CT molecular complexity index is 653. The summed E-state index contributed by atoms with van der Waals surface area (Å²) in [6, 6.07) is 14.2. The molecule has 116 valence electrons. The number of hydrogen-bond donors (Lipinski definition) is 1. The van der Waals surface area contributed by atoms with Crippen LogP contribution in [0.2, 0.25) is 0 Å². The van der Waals surface area contributed by atoms with Crippen LogP contribution in [0.4, 0.5) is 10.5 Å². The van der Waals surface area contributed by atoms with Gasteiger partial charge < -0.3 is 10.2 Å². The Morgan fingerprint density at radius 1 is 1.14 bits per heavy atom. The van der Waals surface area contributed by atoms with Crippen LogP contribution in [-0.4, -0.2) is 24.2 Å². The number of carbonyl (C=O) groups is 1. The lowest BCUT2D eigenvalue weighted by atomic mass is 10.1. The van der Waals surface area contributed by atoms with Gasteiger partial charge in [0.1, 0.15) is 0 Å². The Morgan fingerprint density at radius 3 is 2.45 bits per heavy atom. The molecule has 0 aliphatic heterocycles. The van der Waals surface area contributed by atoms with Crippen molar-refractivity contribution in [1.29, 1.82) is 0 Å². The first-order valence-corrected chi connectivity index (χ1v) is 8.44. The highest BCUT2D eigenvalue weighted by atomic mass is 32.2. The minimum absolute atomic E-state index is 0.0948. The molecule has 2 aromatic rings. The summed E-state index contributed by atoms with van der Waals surface area (Å²) in [6.07, 6.45) is 2.05. The fourth-order valence-electron chi connectivity index (χ4n) is 2.16. The van der Waals surface area contributed by atoms with Crippen LogP contribution >= 0.6 is 11.8 Å². The largest absolute Gasteiger partial charge is 0.323 e. The van der Waals surface area contributed by atoms with Crippen molar-refractivity contribution in [2.45, 2.75) is 25.3 Å². The van der Waals surface area contributed by atoms with Gasteiger partial charge >= 0.3 is 6.03 Å². The highest BCUT2D eigenvalue weighted by molar-refractivity contribution is 7.98. The molecule has 0 saturated heterocycles. The van der Waals surface area contributed by atoms with E-state index in [-0.39, 0.29) is 6.03 Å². The summed E-state index contributed by atoms with van der Waals surface area (Å²) in [4.78, 5) is 15.2.